The molecule has 1 aromatic heterocycles. The fraction of sp³-hybridized carbons (Fsp3) is 0.538. The van der Waals surface area contributed by atoms with Crippen molar-refractivity contribution in [1.82, 2.24) is 4.98 Å². The molecule has 1 aliphatic rings. The lowest BCUT2D eigenvalue weighted by atomic mass is 10.0. The first kappa shape index (κ1) is 12.7. The normalized spacial score (nSPS) is 21.7. The fourth-order valence-corrected chi connectivity index (χ4v) is 2.33. The van der Waals surface area contributed by atoms with Crippen LogP contribution in [0.4, 0.5) is 5.69 Å². The molecule has 0 bridgehead atoms. The third-order valence-electron chi connectivity index (χ3n) is 3.50. The minimum absolute atomic E-state index is 0.0556. The van der Waals surface area contributed by atoms with Crippen LogP contribution in [0.1, 0.15) is 31.9 Å². The summed E-state index contributed by atoms with van der Waals surface area (Å²) in [7, 11) is 0. The van der Waals surface area contributed by atoms with Crippen LogP contribution in [0.25, 0.3) is 0 Å². The number of hydrogen-bond acceptors (Lipinski definition) is 4. The van der Waals surface area contributed by atoms with Gasteiger partial charge in [-0.2, -0.15) is 0 Å². The van der Waals surface area contributed by atoms with Crippen LogP contribution in [0.15, 0.2) is 23.5 Å². The number of anilines is 1. The Morgan fingerprint density at radius 1 is 1.50 bits per heavy atom. The molecule has 98 valence electrons. The number of rotatable bonds is 2. The van der Waals surface area contributed by atoms with Crippen LogP contribution in [0, 0.1) is 5.92 Å². The maximum atomic E-state index is 8.68. The Hall–Kier alpha value is -1.78. The van der Waals surface area contributed by atoms with Crippen molar-refractivity contribution in [2.24, 2.45) is 16.8 Å². The zero-order chi connectivity index (χ0) is 13.0. The van der Waals surface area contributed by atoms with Gasteiger partial charge in [0.25, 0.3) is 0 Å². The Labute approximate surface area is 107 Å². The van der Waals surface area contributed by atoms with Crippen LogP contribution < -0.4 is 10.6 Å². The SMILES string of the molecule is CC1CCCN(c2ccnc(C(N)=NO)c2)CC1. The summed E-state index contributed by atoms with van der Waals surface area (Å²) in [6.07, 6.45) is 5.41. The maximum Gasteiger partial charge on any atom is 0.188 e. The van der Waals surface area contributed by atoms with Crippen molar-refractivity contribution in [3.8, 4) is 0 Å². The van der Waals surface area contributed by atoms with E-state index >= 15 is 0 Å². The van der Waals surface area contributed by atoms with E-state index in [-0.39, 0.29) is 5.84 Å². The molecule has 2 heterocycles. The van der Waals surface area contributed by atoms with Crippen LogP contribution in [-0.2, 0) is 0 Å². The van der Waals surface area contributed by atoms with E-state index in [4.69, 9.17) is 10.9 Å². The highest BCUT2D eigenvalue weighted by Crippen LogP contribution is 2.22. The average molecular weight is 248 g/mol. The minimum Gasteiger partial charge on any atom is -0.409 e. The van der Waals surface area contributed by atoms with Crippen molar-refractivity contribution in [3.05, 3.63) is 24.0 Å². The zero-order valence-electron chi connectivity index (χ0n) is 10.7. The predicted octanol–water partition coefficient (Wildman–Crippen LogP) is 1.80. The molecule has 18 heavy (non-hydrogen) atoms. The van der Waals surface area contributed by atoms with Crippen LogP contribution in [0.3, 0.4) is 0 Å². The van der Waals surface area contributed by atoms with Gasteiger partial charge in [0, 0.05) is 25.0 Å². The molecular weight excluding hydrogens is 228 g/mol. The molecule has 1 saturated heterocycles. The predicted molar refractivity (Wildman–Crippen MR) is 72.0 cm³/mol. The van der Waals surface area contributed by atoms with Crippen LogP contribution in [0.5, 0.6) is 0 Å². The monoisotopic (exact) mass is 248 g/mol. The molecule has 0 aliphatic carbocycles. The lowest BCUT2D eigenvalue weighted by molar-refractivity contribution is 0.318. The van der Waals surface area contributed by atoms with E-state index in [1.807, 2.05) is 12.1 Å². The van der Waals surface area contributed by atoms with Gasteiger partial charge in [0.05, 0.1) is 0 Å². The third kappa shape index (κ3) is 2.91. The maximum absolute atomic E-state index is 8.68. The summed E-state index contributed by atoms with van der Waals surface area (Å²) >= 11 is 0. The van der Waals surface area contributed by atoms with E-state index in [9.17, 15) is 0 Å². The highest BCUT2D eigenvalue weighted by molar-refractivity contribution is 5.95. The van der Waals surface area contributed by atoms with E-state index in [1.54, 1.807) is 6.20 Å². The Bertz CT molecular complexity index is 433. The Kier molecular flexibility index (Phi) is 4.02. The second-order valence-corrected chi connectivity index (χ2v) is 4.91. The first-order valence-electron chi connectivity index (χ1n) is 6.39. The number of nitrogens with two attached hydrogens (primary N) is 1. The van der Waals surface area contributed by atoms with Gasteiger partial charge in [-0.05, 0) is 37.3 Å². The van der Waals surface area contributed by atoms with Crippen molar-refractivity contribution in [2.75, 3.05) is 18.0 Å². The highest BCUT2D eigenvalue weighted by Gasteiger charge is 2.15. The summed E-state index contributed by atoms with van der Waals surface area (Å²) in [5.74, 6) is 0.848. The summed E-state index contributed by atoms with van der Waals surface area (Å²) in [6.45, 7) is 4.42. The van der Waals surface area contributed by atoms with E-state index < -0.39 is 0 Å². The van der Waals surface area contributed by atoms with E-state index in [2.05, 4.69) is 22.0 Å². The topological polar surface area (TPSA) is 74.7 Å². The Morgan fingerprint density at radius 2 is 2.33 bits per heavy atom. The molecule has 1 atom stereocenters. The Morgan fingerprint density at radius 3 is 3.11 bits per heavy atom. The van der Waals surface area contributed by atoms with Gasteiger partial charge in [-0.3, -0.25) is 4.98 Å². The van der Waals surface area contributed by atoms with Gasteiger partial charge in [-0.15, -0.1) is 0 Å². The average Bonchev–Trinajstić information content (AvgIpc) is 2.63. The lowest BCUT2D eigenvalue weighted by Crippen LogP contribution is -2.25. The molecule has 1 aromatic rings. The molecule has 5 nitrogen and oxygen atoms in total. The Balaban J connectivity index is 2.17. The van der Waals surface area contributed by atoms with Crippen LogP contribution >= 0.6 is 0 Å². The van der Waals surface area contributed by atoms with Crippen LogP contribution in [0.2, 0.25) is 0 Å². The van der Waals surface area contributed by atoms with Crippen molar-refractivity contribution >= 4 is 11.5 Å². The van der Waals surface area contributed by atoms with Gasteiger partial charge in [-0.1, -0.05) is 12.1 Å². The van der Waals surface area contributed by atoms with Crippen LogP contribution in [-0.4, -0.2) is 29.1 Å². The van der Waals surface area contributed by atoms with Gasteiger partial charge in [0.2, 0.25) is 0 Å². The minimum atomic E-state index is 0.0556. The zero-order valence-corrected chi connectivity index (χ0v) is 10.7. The molecule has 1 unspecified atom stereocenters. The molecule has 5 heteroatoms. The molecule has 1 fully saturated rings. The van der Waals surface area contributed by atoms with Crippen molar-refractivity contribution < 1.29 is 5.21 Å². The molecule has 2 rings (SSSR count). The van der Waals surface area contributed by atoms with E-state index in [0.717, 1.165) is 24.7 Å². The standard InChI is InChI=1S/C13H20N4O/c1-10-3-2-7-17(8-5-10)11-4-6-15-12(9-11)13(14)16-18/h4,6,9-10,18H,2-3,5,7-8H2,1H3,(H2,14,16). The molecule has 0 spiro atoms. The van der Waals surface area contributed by atoms with Gasteiger partial charge >= 0.3 is 0 Å². The van der Waals surface area contributed by atoms with Gasteiger partial charge < -0.3 is 15.8 Å². The number of hydrogen-bond donors (Lipinski definition) is 2. The summed E-state index contributed by atoms with van der Waals surface area (Å²) in [4.78, 5) is 6.45. The molecule has 1 aliphatic heterocycles. The summed E-state index contributed by atoms with van der Waals surface area (Å²) in [5.41, 5.74) is 7.18. The molecular formula is C13H20N4O. The molecule has 0 saturated carbocycles. The second-order valence-electron chi connectivity index (χ2n) is 4.91. The second kappa shape index (κ2) is 5.71. The number of nitrogens with zero attached hydrogens (tertiary/aromatic N) is 3. The van der Waals surface area contributed by atoms with Gasteiger partial charge in [0.1, 0.15) is 5.69 Å². The molecule has 0 radical (unpaired) electrons. The molecule has 3 N–H and O–H groups in total. The largest absolute Gasteiger partial charge is 0.409 e. The summed E-state index contributed by atoms with van der Waals surface area (Å²) in [5, 5.41) is 11.7. The summed E-state index contributed by atoms with van der Waals surface area (Å²) < 4.78 is 0. The smallest absolute Gasteiger partial charge is 0.188 e. The molecule has 0 aromatic carbocycles. The first-order valence-corrected chi connectivity index (χ1v) is 6.39. The quantitative estimate of drug-likeness (QED) is 0.362. The van der Waals surface area contributed by atoms with E-state index in [1.165, 1.54) is 19.3 Å². The molecule has 0 amide bonds. The van der Waals surface area contributed by atoms with Crippen molar-refractivity contribution in [2.45, 2.75) is 26.2 Å². The number of oxime groups is 1. The number of amidine groups is 1. The van der Waals surface area contributed by atoms with Crippen molar-refractivity contribution in [3.63, 3.8) is 0 Å². The highest BCUT2D eigenvalue weighted by atomic mass is 16.4. The first-order chi connectivity index (χ1) is 8.70. The lowest BCUT2D eigenvalue weighted by Gasteiger charge is -2.23. The third-order valence-corrected chi connectivity index (χ3v) is 3.50. The fourth-order valence-electron chi connectivity index (χ4n) is 2.33. The van der Waals surface area contributed by atoms with Gasteiger partial charge in [-0.25, -0.2) is 0 Å². The summed E-state index contributed by atoms with van der Waals surface area (Å²) in [6, 6.07) is 3.86. The number of pyridine rings is 1. The van der Waals surface area contributed by atoms with Crippen molar-refractivity contribution in [1.29, 1.82) is 0 Å². The number of aromatic nitrogens is 1. The van der Waals surface area contributed by atoms with Gasteiger partial charge in [0.15, 0.2) is 5.84 Å². The van der Waals surface area contributed by atoms with E-state index in [0.29, 0.717) is 5.69 Å².